The predicted octanol–water partition coefficient (Wildman–Crippen LogP) is 4.71. The fraction of sp³-hybridized carbons (Fsp3) is 0.190. The summed E-state index contributed by atoms with van der Waals surface area (Å²) in [5, 5.41) is 12.1. The number of nitriles is 1. The van der Waals surface area contributed by atoms with E-state index in [-0.39, 0.29) is 18.8 Å². The quantitative estimate of drug-likeness (QED) is 0.297. The number of carbonyl (C=O) groups excluding carboxylic acids is 2. The van der Waals surface area contributed by atoms with Crippen molar-refractivity contribution in [3.63, 3.8) is 0 Å². The average Bonchev–Trinajstić information content (AvgIpc) is 2.70. The highest BCUT2D eigenvalue weighted by molar-refractivity contribution is 9.10. The van der Waals surface area contributed by atoms with Crippen molar-refractivity contribution >= 4 is 55.5 Å². The molecule has 0 atom stereocenters. The molecule has 0 heterocycles. The van der Waals surface area contributed by atoms with Crippen molar-refractivity contribution in [1.29, 1.82) is 5.26 Å². The lowest BCUT2D eigenvalue weighted by Gasteiger charge is -2.13. The summed E-state index contributed by atoms with van der Waals surface area (Å²) in [6.45, 7) is 1.68. The van der Waals surface area contributed by atoms with Crippen LogP contribution in [0.5, 0.6) is 11.5 Å². The van der Waals surface area contributed by atoms with Crippen molar-refractivity contribution in [2.45, 2.75) is 6.92 Å². The highest BCUT2D eigenvalue weighted by Gasteiger charge is 2.15. The molecule has 2 rings (SSSR count). The number of benzene rings is 2. The number of methoxy groups -OCH3 is 1. The molecule has 0 aliphatic heterocycles. The molecular formula is C21H18Br2N2O5. The molecule has 1 N–H and O–H groups in total. The van der Waals surface area contributed by atoms with Crippen LogP contribution >= 0.6 is 31.9 Å². The standard InChI is InChI=1S/C21H18Br2N2O5/c1-3-29-19(26)12-30-20-17(23)8-13(9-18(20)28-2)7-14(11-24)21(27)25-16-6-4-5-15(22)10-16/h4-10H,3,12H2,1-2H3,(H,25,27)/b14-7-. The smallest absolute Gasteiger partial charge is 0.344 e. The highest BCUT2D eigenvalue weighted by Crippen LogP contribution is 2.37. The Kier molecular flexibility index (Phi) is 8.89. The van der Waals surface area contributed by atoms with Crippen molar-refractivity contribution in [2.24, 2.45) is 0 Å². The van der Waals surface area contributed by atoms with E-state index in [2.05, 4.69) is 37.2 Å². The zero-order valence-electron chi connectivity index (χ0n) is 16.2. The van der Waals surface area contributed by atoms with Crippen molar-refractivity contribution in [3.05, 3.63) is 56.5 Å². The molecule has 2 aromatic carbocycles. The van der Waals surface area contributed by atoms with Crippen LogP contribution in [0.3, 0.4) is 0 Å². The minimum Gasteiger partial charge on any atom is -0.493 e. The fourth-order valence-electron chi connectivity index (χ4n) is 2.38. The van der Waals surface area contributed by atoms with Gasteiger partial charge in [0, 0.05) is 10.2 Å². The molecule has 156 valence electrons. The average molecular weight is 538 g/mol. The van der Waals surface area contributed by atoms with E-state index >= 15 is 0 Å². The van der Waals surface area contributed by atoms with Crippen LogP contribution < -0.4 is 14.8 Å². The first kappa shape index (κ1) is 23.4. The Morgan fingerprint density at radius 3 is 2.63 bits per heavy atom. The number of carbonyl (C=O) groups is 2. The Bertz CT molecular complexity index is 1010. The van der Waals surface area contributed by atoms with Gasteiger partial charge in [-0.2, -0.15) is 5.26 Å². The van der Waals surface area contributed by atoms with Crippen LogP contribution in [-0.2, 0) is 14.3 Å². The maximum Gasteiger partial charge on any atom is 0.344 e. The molecule has 0 aliphatic carbocycles. The lowest BCUT2D eigenvalue weighted by Crippen LogP contribution is -2.15. The van der Waals surface area contributed by atoms with E-state index < -0.39 is 11.9 Å². The zero-order chi connectivity index (χ0) is 22.1. The van der Waals surface area contributed by atoms with Crippen LogP contribution in [0.2, 0.25) is 0 Å². The van der Waals surface area contributed by atoms with Gasteiger partial charge in [0.15, 0.2) is 18.1 Å². The topological polar surface area (TPSA) is 97.7 Å². The molecule has 2 aromatic rings. The molecule has 0 unspecified atom stereocenters. The zero-order valence-corrected chi connectivity index (χ0v) is 19.4. The number of anilines is 1. The summed E-state index contributed by atoms with van der Waals surface area (Å²) in [7, 11) is 1.44. The van der Waals surface area contributed by atoms with E-state index in [1.165, 1.54) is 13.2 Å². The third kappa shape index (κ3) is 6.61. The maximum absolute atomic E-state index is 12.5. The van der Waals surface area contributed by atoms with Crippen LogP contribution in [0, 0.1) is 11.3 Å². The van der Waals surface area contributed by atoms with Crippen LogP contribution in [0.25, 0.3) is 6.08 Å². The summed E-state index contributed by atoms with van der Waals surface area (Å²) in [5.74, 6) is -0.427. The van der Waals surface area contributed by atoms with Crippen molar-refractivity contribution in [1.82, 2.24) is 0 Å². The molecule has 0 bridgehead atoms. The minimum absolute atomic E-state index is 0.0934. The number of amides is 1. The number of nitrogens with one attached hydrogen (secondary N) is 1. The third-order valence-corrected chi connectivity index (χ3v) is 4.73. The summed E-state index contributed by atoms with van der Waals surface area (Å²) in [6, 6.07) is 12.2. The summed E-state index contributed by atoms with van der Waals surface area (Å²) in [5.41, 5.74) is 0.990. The van der Waals surface area contributed by atoms with Gasteiger partial charge in [-0.3, -0.25) is 4.79 Å². The molecule has 0 radical (unpaired) electrons. The Labute approximate surface area is 190 Å². The summed E-state index contributed by atoms with van der Waals surface area (Å²) < 4.78 is 16.9. The van der Waals surface area contributed by atoms with E-state index in [1.807, 2.05) is 12.1 Å². The fourth-order valence-corrected chi connectivity index (χ4v) is 3.35. The molecule has 7 nitrogen and oxygen atoms in total. The van der Waals surface area contributed by atoms with Gasteiger partial charge in [-0.15, -0.1) is 0 Å². The third-order valence-electron chi connectivity index (χ3n) is 3.65. The predicted molar refractivity (Wildman–Crippen MR) is 119 cm³/mol. The molecule has 0 fully saturated rings. The van der Waals surface area contributed by atoms with Crippen molar-refractivity contribution in [2.75, 3.05) is 25.6 Å². The van der Waals surface area contributed by atoms with E-state index in [0.717, 1.165) is 4.47 Å². The van der Waals surface area contributed by atoms with Crippen LogP contribution in [-0.4, -0.2) is 32.2 Å². The molecule has 0 aromatic heterocycles. The monoisotopic (exact) mass is 536 g/mol. The second-order valence-corrected chi connectivity index (χ2v) is 7.53. The van der Waals surface area contributed by atoms with Crippen LogP contribution in [0.15, 0.2) is 50.9 Å². The number of esters is 1. The molecule has 0 aliphatic rings. The van der Waals surface area contributed by atoms with E-state index in [9.17, 15) is 14.9 Å². The largest absolute Gasteiger partial charge is 0.493 e. The first-order chi connectivity index (χ1) is 14.4. The number of nitrogens with zero attached hydrogens (tertiary/aromatic N) is 1. The van der Waals surface area contributed by atoms with Crippen LogP contribution in [0.4, 0.5) is 5.69 Å². The SMILES string of the molecule is CCOC(=O)COc1c(Br)cc(/C=C(/C#N)C(=O)Nc2cccc(Br)c2)cc1OC. The second-order valence-electron chi connectivity index (χ2n) is 5.76. The molecule has 9 heteroatoms. The first-order valence-electron chi connectivity index (χ1n) is 8.72. The number of hydrogen-bond acceptors (Lipinski definition) is 6. The van der Waals surface area contributed by atoms with Gasteiger partial charge in [0.2, 0.25) is 0 Å². The van der Waals surface area contributed by atoms with E-state index in [0.29, 0.717) is 27.2 Å². The van der Waals surface area contributed by atoms with E-state index in [4.69, 9.17) is 14.2 Å². The normalized spacial score (nSPS) is 10.7. The van der Waals surface area contributed by atoms with Gasteiger partial charge in [0.25, 0.3) is 5.91 Å². The van der Waals surface area contributed by atoms with Gasteiger partial charge in [-0.25, -0.2) is 4.79 Å². The number of rotatable bonds is 8. The number of halogens is 2. The van der Waals surface area contributed by atoms with Gasteiger partial charge in [-0.1, -0.05) is 22.0 Å². The second kappa shape index (κ2) is 11.4. The van der Waals surface area contributed by atoms with Gasteiger partial charge in [0.1, 0.15) is 11.6 Å². The molecule has 30 heavy (non-hydrogen) atoms. The molecule has 1 amide bonds. The van der Waals surface area contributed by atoms with Crippen LogP contribution in [0.1, 0.15) is 12.5 Å². The van der Waals surface area contributed by atoms with Gasteiger partial charge in [-0.05, 0) is 64.8 Å². The summed E-state index contributed by atoms with van der Waals surface area (Å²) in [4.78, 5) is 24.0. The highest BCUT2D eigenvalue weighted by atomic mass is 79.9. The van der Waals surface area contributed by atoms with Crippen molar-refractivity contribution in [3.8, 4) is 17.6 Å². The number of ether oxygens (including phenoxy) is 3. The Balaban J connectivity index is 2.25. The summed E-state index contributed by atoms with van der Waals surface area (Å²) in [6.07, 6.45) is 1.43. The van der Waals surface area contributed by atoms with Gasteiger partial charge >= 0.3 is 5.97 Å². The Morgan fingerprint density at radius 2 is 2.00 bits per heavy atom. The van der Waals surface area contributed by atoms with Crippen molar-refractivity contribution < 1.29 is 23.8 Å². The van der Waals surface area contributed by atoms with Gasteiger partial charge in [0.05, 0.1) is 18.2 Å². The molecule has 0 saturated carbocycles. The summed E-state index contributed by atoms with van der Waals surface area (Å²) >= 11 is 6.69. The molecule has 0 spiro atoms. The lowest BCUT2D eigenvalue weighted by atomic mass is 10.1. The maximum atomic E-state index is 12.5. The van der Waals surface area contributed by atoms with Gasteiger partial charge < -0.3 is 19.5 Å². The Hall–Kier alpha value is -2.83. The molecule has 0 saturated heterocycles. The first-order valence-corrected chi connectivity index (χ1v) is 10.3. The van der Waals surface area contributed by atoms with E-state index in [1.54, 1.807) is 37.3 Å². The Morgan fingerprint density at radius 1 is 1.23 bits per heavy atom. The number of hydrogen-bond donors (Lipinski definition) is 1. The minimum atomic E-state index is -0.548. The lowest BCUT2D eigenvalue weighted by molar-refractivity contribution is -0.145. The molecular weight excluding hydrogens is 520 g/mol.